The third-order valence-corrected chi connectivity index (χ3v) is 3.85. The number of ether oxygens (including phenoxy) is 4. The molecular formula is C16H25NO4. The van der Waals surface area contributed by atoms with Crippen molar-refractivity contribution in [2.45, 2.75) is 38.5 Å². The first-order chi connectivity index (χ1) is 10.2. The first-order valence-electron chi connectivity index (χ1n) is 7.31. The molecule has 1 aromatic carbocycles. The lowest BCUT2D eigenvalue weighted by molar-refractivity contribution is 0.0130. The van der Waals surface area contributed by atoms with Crippen molar-refractivity contribution in [3.63, 3.8) is 0 Å². The second kappa shape index (κ2) is 7.52. The van der Waals surface area contributed by atoms with E-state index in [9.17, 15) is 0 Å². The van der Waals surface area contributed by atoms with Crippen LogP contribution >= 0.6 is 0 Å². The Labute approximate surface area is 126 Å². The maximum absolute atomic E-state index is 5.57. The number of hydrogen-bond donors (Lipinski definition) is 1. The van der Waals surface area contributed by atoms with Gasteiger partial charge in [-0.2, -0.15) is 0 Å². The monoisotopic (exact) mass is 295 g/mol. The minimum atomic E-state index is 0.323. The van der Waals surface area contributed by atoms with Gasteiger partial charge in [-0.05, 0) is 25.8 Å². The van der Waals surface area contributed by atoms with E-state index in [1.165, 1.54) is 0 Å². The van der Waals surface area contributed by atoms with Gasteiger partial charge >= 0.3 is 0 Å². The highest BCUT2D eigenvalue weighted by molar-refractivity contribution is 5.50. The zero-order chi connectivity index (χ0) is 15.2. The first-order valence-corrected chi connectivity index (χ1v) is 7.31. The van der Waals surface area contributed by atoms with Gasteiger partial charge in [-0.1, -0.05) is 0 Å². The molecule has 1 saturated heterocycles. The Hall–Kier alpha value is -1.46. The molecule has 1 aliphatic rings. The molecule has 0 aliphatic carbocycles. The molecule has 1 fully saturated rings. The Morgan fingerprint density at radius 3 is 2.38 bits per heavy atom. The zero-order valence-corrected chi connectivity index (χ0v) is 13.3. The van der Waals surface area contributed by atoms with Gasteiger partial charge in [0, 0.05) is 30.8 Å². The highest BCUT2D eigenvalue weighted by atomic mass is 16.5. The van der Waals surface area contributed by atoms with Crippen LogP contribution in [0.2, 0.25) is 0 Å². The number of methoxy groups -OCH3 is 3. The van der Waals surface area contributed by atoms with Crippen LogP contribution in [-0.2, 0) is 11.3 Å². The molecule has 1 N–H and O–H groups in total. The summed E-state index contributed by atoms with van der Waals surface area (Å²) >= 11 is 0. The van der Waals surface area contributed by atoms with Gasteiger partial charge in [0.2, 0.25) is 0 Å². The molecule has 0 radical (unpaired) electrons. The second-order valence-electron chi connectivity index (χ2n) is 5.30. The zero-order valence-electron chi connectivity index (χ0n) is 13.3. The number of nitrogens with one attached hydrogen (secondary N) is 1. The van der Waals surface area contributed by atoms with Crippen LogP contribution in [-0.4, -0.2) is 40.1 Å². The standard InChI is InChI=1S/C16H25NO4/c1-11-7-13(5-6-21-11)17-10-12-8-15(19-3)16(20-4)9-14(12)18-2/h8-9,11,13,17H,5-7,10H2,1-4H3. The van der Waals surface area contributed by atoms with E-state index in [1.807, 2.05) is 12.1 Å². The largest absolute Gasteiger partial charge is 0.496 e. The Morgan fingerprint density at radius 2 is 1.76 bits per heavy atom. The summed E-state index contributed by atoms with van der Waals surface area (Å²) in [6.07, 6.45) is 2.40. The summed E-state index contributed by atoms with van der Waals surface area (Å²) in [4.78, 5) is 0. The van der Waals surface area contributed by atoms with Crippen LogP contribution in [0, 0.1) is 0 Å². The summed E-state index contributed by atoms with van der Waals surface area (Å²) in [5.74, 6) is 2.20. The molecular weight excluding hydrogens is 270 g/mol. The fourth-order valence-electron chi connectivity index (χ4n) is 2.67. The summed E-state index contributed by atoms with van der Waals surface area (Å²) in [6.45, 7) is 3.67. The molecule has 0 spiro atoms. The highest BCUT2D eigenvalue weighted by Gasteiger charge is 2.19. The SMILES string of the molecule is COc1cc(OC)c(OC)cc1CNC1CCOC(C)C1. The normalized spacial score (nSPS) is 21.9. The van der Waals surface area contributed by atoms with Gasteiger partial charge in [0.1, 0.15) is 5.75 Å². The van der Waals surface area contributed by atoms with Gasteiger partial charge in [-0.3, -0.25) is 0 Å². The van der Waals surface area contributed by atoms with Crippen molar-refractivity contribution < 1.29 is 18.9 Å². The molecule has 1 aromatic rings. The third kappa shape index (κ3) is 4.02. The average molecular weight is 295 g/mol. The molecule has 0 bridgehead atoms. The maximum Gasteiger partial charge on any atom is 0.164 e. The van der Waals surface area contributed by atoms with E-state index in [2.05, 4.69) is 12.2 Å². The van der Waals surface area contributed by atoms with Crippen LogP contribution in [0.3, 0.4) is 0 Å². The molecule has 1 heterocycles. The Balaban J connectivity index is 2.07. The molecule has 0 aromatic heterocycles. The molecule has 0 amide bonds. The van der Waals surface area contributed by atoms with Crippen LogP contribution in [0.15, 0.2) is 12.1 Å². The van der Waals surface area contributed by atoms with Crippen molar-refractivity contribution in [1.29, 1.82) is 0 Å². The lowest BCUT2D eigenvalue weighted by Gasteiger charge is -2.28. The average Bonchev–Trinajstić information content (AvgIpc) is 2.52. The Bertz CT molecular complexity index is 464. The lowest BCUT2D eigenvalue weighted by Crippen LogP contribution is -2.37. The van der Waals surface area contributed by atoms with Gasteiger partial charge in [0.25, 0.3) is 0 Å². The van der Waals surface area contributed by atoms with E-state index >= 15 is 0 Å². The highest BCUT2D eigenvalue weighted by Crippen LogP contribution is 2.34. The first kappa shape index (κ1) is 15.9. The van der Waals surface area contributed by atoms with Gasteiger partial charge in [0.15, 0.2) is 11.5 Å². The molecule has 0 saturated carbocycles. The molecule has 2 unspecified atom stereocenters. The summed E-state index contributed by atoms with van der Waals surface area (Å²) < 4.78 is 21.7. The fourth-order valence-corrected chi connectivity index (χ4v) is 2.67. The van der Waals surface area contributed by atoms with Gasteiger partial charge < -0.3 is 24.3 Å². The molecule has 1 aliphatic heterocycles. The van der Waals surface area contributed by atoms with Crippen LogP contribution in [0.25, 0.3) is 0 Å². The summed E-state index contributed by atoms with van der Waals surface area (Å²) in [5, 5.41) is 3.58. The van der Waals surface area contributed by atoms with Crippen LogP contribution in [0.4, 0.5) is 0 Å². The van der Waals surface area contributed by atoms with Crippen LogP contribution in [0.5, 0.6) is 17.2 Å². The molecule has 2 atom stereocenters. The number of hydrogen-bond acceptors (Lipinski definition) is 5. The predicted molar refractivity (Wildman–Crippen MR) is 81.4 cm³/mol. The predicted octanol–water partition coefficient (Wildman–Crippen LogP) is 2.37. The number of rotatable bonds is 6. The quantitative estimate of drug-likeness (QED) is 0.873. The molecule has 118 valence electrons. The smallest absolute Gasteiger partial charge is 0.164 e. The van der Waals surface area contributed by atoms with Crippen molar-refractivity contribution in [3.05, 3.63) is 17.7 Å². The van der Waals surface area contributed by atoms with Gasteiger partial charge in [-0.25, -0.2) is 0 Å². The van der Waals surface area contributed by atoms with Crippen LogP contribution < -0.4 is 19.5 Å². The third-order valence-electron chi connectivity index (χ3n) is 3.85. The van der Waals surface area contributed by atoms with Crippen molar-refractivity contribution in [3.8, 4) is 17.2 Å². The summed E-state index contributed by atoms with van der Waals surface area (Å²) in [6, 6.07) is 4.31. The van der Waals surface area contributed by atoms with Gasteiger partial charge in [0.05, 0.1) is 27.4 Å². The van der Waals surface area contributed by atoms with E-state index in [-0.39, 0.29) is 0 Å². The van der Waals surface area contributed by atoms with Crippen molar-refractivity contribution in [2.75, 3.05) is 27.9 Å². The van der Waals surface area contributed by atoms with Crippen molar-refractivity contribution in [1.82, 2.24) is 5.32 Å². The molecule has 2 rings (SSSR count). The van der Waals surface area contributed by atoms with E-state index in [1.54, 1.807) is 21.3 Å². The second-order valence-corrected chi connectivity index (χ2v) is 5.30. The summed E-state index contributed by atoms with van der Waals surface area (Å²) in [5.41, 5.74) is 1.06. The van der Waals surface area contributed by atoms with E-state index in [0.29, 0.717) is 17.9 Å². The Morgan fingerprint density at radius 1 is 1.10 bits per heavy atom. The minimum absolute atomic E-state index is 0.323. The lowest BCUT2D eigenvalue weighted by atomic mass is 10.0. The van der Waals surface area contributed by atoms with Crippen molar-refractivity contribution in [2.24, 2.45) is 0 Å². The number of benzene rings is 1. The van der Waals surface area contributed by atoms with E-state index in [4.69, 9.17) is 18.9 Å². The van der Waals surface area contributed by atoms with E-state index < -0.39 is 0 Å². The topological polar surface area (TPSA) is 49.0 Å². The molecule has 21 heavy (non-hydrogen) atoms. The maximum atomic E-state index is 5.57. The van der Waals surface area contributed by atoms with Crippen LogP contribution in [0.1, 0.15) is 25.3 Å². The van der Waals surface area contributed by atoms with E-state index in [0.717, 1.165) is 43.1 Å². The Kier molecular flexibility index (Phi) is 5.70. The molecule has 5 heteroatoms. The van der Waals surface area contributed by atoms with Gasteiger partial charge in [-0.15, -0.1) is 0 Å². The minimum Gasteiger partial charge on any atom is -0.496 e. The molecule has 5 nitrogen and oxygen atoms in total. The van der Waals surface area contributed by atoms with Crippen molar-refractivity contribution >= 4 is 0 Å². The fraction of sp³-hybridized carbons (Fsp3) is 0.625. The summed E-state index contributed by atoms with van der Waals surface area (Å²) in [7, 11) is 4.93.